The lowest BCUT2D eigenvalue weighted by atomic mass is 10.4. The Balaban J connectivity index is 1.93. The minimum absolute atomic E-state index is 0.181. The number of thiazole rings is 1. The van der Waals surface area contributed by atoms with Crippen LogP contribution in [0, 0.1) is 6.92 Å². The standard InChI is InChI=1S/C10H11N3OS2/c1-6-2-3-7(16-6)4-12-9(14)8-5-15-10(11)13-8/h2-3,5H,4H2,1H3,(H2,11,13)(H,12,14). The lowest BCUT2D eigenvalue weighted by Gasteiger charge is -1.99. The number of anilines is 1. The second kappa shape index (κ2) is 4.63. The lowest BCUT2D eigenvalue weighted by molar-refractivity contribution is 0.0947. The van der Waals surface area contributed by atoms with Gasteiger partial charge in [-0.15, -0.1) is 22.7 Å². The molecular weight excluding hydrogens is 242 g/mol. The van der Waals surface area contributed by atoms with Crippen molar-refractivity contribution in [2.45, 2.75) is 13.5 Å². The number of nitrogens with one attached hydrogen (secondary N) is 1. The zero-order valence-corrected chi connectivity index (χ0v) is 10.3. The fourth-order valence-electron chi connectivity index (χ4n) is 1.23. The molecule has 0 bridgehead atoms. The summed E-state index contributed by atoms with van der Waals surface area (Å²) < 4.78 is 0. The maximum absolute atomic E-state index is 11.6. The van der Waals surface area contributed by atoms with E-state index in [2.05, 4.69) is 10.3 Å². The summed E-state index contributed by atoms with van der Waals surface area (Å²) in [5.41, 5.74) is 5.84. The molecule has 0 atom stereocenters. The molecule has 0 saturated carbocycles. The molecule has 6 heteroatoms. The Hall–Kier alpha value is -1.40. The Morgan fingerprint density at radius 3 is 2.94 bits per heavy atom. The minimum Gasteiger partial charge on any atom is -0.375 e. The summed E-state index contributed by atoms with van der Waals surface area (Å²) in [5.74, 6) is -0.181. The van der Waals surface area contributed by atoms with Crippen LogP contribution in [0.4, 0.5) is 5.13 Å². The Morgan fingerprint density at radius 2 is 2.38 bits per heavy atom. The van der Waals surface area contributed by atoms with Crippen molar-refractivity contribution in [3.63, 3.8) is 0 Å². The van der Waals surface area contributed by atoms with Gasteiger partial charge < -0.3 is 11.1 Å². The van der Waals surface area contributed by atoms with Crippen molar-refractivity contribution < 1.29 is 4.79 Å². The largest absolute Gasteiger partial charge is 0.375 e. The first-order valence-electron chi connectivity index (χ1n) is 4.69. The van der Waals surface area contributed by atoms with Gasteiger partial charge in [0.05, 0.1) is 6.54 Å². The van der Waals surface area contributed by atoms with Crippen molar-refractivity contribution in [3.05, 3.63) is 33.0 Å². The second-order valence-electron chi connectivity index (χ2n) is 3.27. The number of carbonyl (C=O) groups is 1. The molecule has 0 aliphatic heterocycles. The third kappa shape index (κ3) is 2.59. The van der Waals surface area contributed by atoms with Crippen molar-refractivity contribution in [2.75, 3.05) is 5.73 Å². The number of hydrogen-bond donors (Lipinski definition) is 2. The van der Waals surface area contributed by atoms with E-state index in [1.807, 2.05) is 19.1 Å². The Kier molecular flexibility index (Phi) is 3.21. The van der Waals surface area contributed by atoms with Gasteiger partial charge in [0, 0.05) is 15.1 Å². The smallest absolute Gasteiger partial charge is 0.271 e. The van der Waals surface area contributed by atoms with Crippen molar-refractivity contribution in [3.8, 4) is 0 Å². The lowest BCUT2D eigenvalue weighted by Crippen LogP contribution is -2.22. The first-order chi connectivity index (χ1) is 7.65. The first-order valence-corrected chi connectivity index (χ1v) is 6.39. The van der Waals surface area contributed by atoms with Crippen LogP contribution in [-0.2, 0) is 6.54 Å². The molecule has 0 fully saturated rings. The van der Waals surface area contributed by atoms with Gasteiger partial charge >= 0.3 is 0 Å². The van der Waals surface area contributed by atoms with Crippen molar-refractivity contribution in [2.24, 2.45) is 0 Å². The van der Waals surface area contributed by atoms with E-state index in [1.165, 1.54) is 16.2 Å². The molecule has 84 valence electrons. The van der Waals surface area contributed by atoms with Crippen molar-refractivity contribution in [1.29, 1.82) is 0 Å². The van der Waals surface area contributed by atoms with Crippen LogP contribution < -0.4 is 11.1 Å². The number of thiophene rings is 1. The van der Waals surface area contributed by atoms with E-state index in [0.717, 1.165) is 4.88 Å². The summed E-state index contributed by atoms with van der Waals surface area (Å²) in [6.07, 6.45) is 0. The second-order valence-corrected chi connectivity index (χ2v) is 5.53. The van der Waals surface area contributed by atoms with Crippen LogP contribution in [0.5, 0.6) is 0 Å². The van der Waals surface area contributed by atoms with Crippen molar-refractivity contribution >= 4 is 33.7 Å². The molecule has 3 N–H and O–H groups in total. The van der Waals surface area contributed by atoms with Crippen LogP contribution in [0.2, 0.25) is 0 Å². The number of carbonyl (C=O) groups excluding carboxylic acids is 1. The predicted octanol–water partition coefficient (Wildman–Crippen LogP) is 2.03. The fraction of sp³-hybridized carbons (Fsp3) is 0.200. The predicted molar refractivity (Wildman–Crippen MR) is 66.8 cm³/mol. The summed E-state index contributed by atoms with van der Waals surface area (Å²) in [5, 5.41) is 4.87. The van der Waals surface area contributed by atoms with Gasteiger partial charge in [0.2, 0.25) is 0 Å². The van der Waals surface area contributed by atoms with E-state index in [9.17, 15) is 4.79 Å². The van der Waals surface area contributed by atoms with E-state index in [4.69, 9.17) is 5.73 Å². The molecule has 0 saturated heterocycles. The molecule has 0 unspecified atom stereocenters. The Labute approximate surface area is 101 Å². The number of nitrogens with zero attached hydrogens (tertiary/aromatic N) is 1. The normalized spacial score (nSPS) is 10.3. The van der Waals surface area contributed by atoms with Gasteiger partial charge in [0.1, 0.15) is 5.69 Å². The highest BCUT2D eigenvalue weighted by Crippen LogP contribution is 2.15. The number of nitrogen functional groups attached to an aromatic ring is 1. The maximum Gasteiger partial charge on any atom is 0.271 e. The summed E-state index contributed by atoms with van der Waals surface area (Å²) >= 11 is 2.94. The molecule has 2 aromatic rings. The van der Waals surface area contributed by atoms with Crippen LogP contribution in [0.3, 0.4) is 0 Å². The number of nitrogens with two attached hydrogens (primary N) is 1. The summed E-state index contributed by atoms with van der Waals surface area (Å²) in [4.78, 5) is 17.9. The highest BCUT2D eigenvalue weighted by atomic mass is 32.1. The van der Waals surface area contributed by atoms with Crippen LogP contribution in [0.15, 0.2) is 17.5 Å². The molecule has 0 aliphatic rings. The van der Waals surface area contributed by atoms with Gasteiger partial charge in [0.15, 0.2) is 5.13 Å². The van der Waals surface area contributed by atoms with Gasteiger partial charge in [-0.1, -0.05) is 0 Å². The first kappa shape index (κ1) is 11.1. The Morgan fingerprint density at radius 1 is 1.56 bits per heavy atom. The topological polar surface area (TPSA) is 68.0 Å². The quantitative estimate of drug-likeness (QED) is 0.879. The van der Waals surface area contributed by atoms with E-state index >= 15 is 0 Å². The summed E-state index contributed by atoms with van der Waals surface area (Å²) in [6.45, 7) is 2.58. The molecule has 0 aliphatic carbocycles. The number of aryl methyl sites for hydroxylation is 1. The number of rotatable bonds is 3. The Bertz CT molecular complexity index is 504. The molecule has 2 aromatic heterocycles. The number of hydrogen-bond acceptors (Lipinski definition) is 5. The van der Waals surface area contributed by atoms with Crippen LogP contribution in [0.25, 0.3) is 0 Å². The van der Waals surface area contributed by atoms with Crippen LogP contribution in [0.1, 0.15) is 20.2 Å². The molecular formula is C10H11N3OS2. The molecule has 2 rings (SSSR count). The fourth-order valence-corrected chi connectivity index (χ4v) is 2.60. The molecule has 4 nitrogen and oxygen atoms in total. The molecule has 1 amide bonds. The molecule has 16 heavy (non-hydrogen) atoms. The third-order valence-corrected chi connectivity index (χ3v) is 3.65. The molecule has 0 radical (unpaired) electrons. The third-order valence-electron chi connectivity index (χ3n) is 1.97. The minimum atomic E-state index is -0.181. The van der Waals surface area contributed by atoms with Crippen molar-refractivity contribution in [1.82, 2.24) is 10.3 Å². The molecule has 0 spiro atoms. The van der Waals surface area contributed by atoms with E-state index in [1.54, 1.807) is 16.7 Å². The van der Waals surface area contributed by atoms with Gasteiger partial charge in [-0.2, -0.15) is 0 Å². The van der Waals surface area contributed by atoms with Gasteiger partial charge in [-0.25, -0.2) is 4.98 Å². The SMILES string of the molecule is Cc1ccc(CNC(=O)c2csc(N)n2)s1. The average Bonchev–Trinajstić information content (AvgIpc) is 2.84. The van der Waals surface area contributed by atoms with E-state index < -0.39 is 0 Å². The molecule has 2 heterocycles. The highest BCUT2D eigenvalue weighted by Gasteiger charge is 2.09. The van der Waals surface area contributed by atoms with E-state index in [-0.39, 0.29) is 5.91 Å². The maximum atomic E-state index is 11.6. The summed E-state index contributed by atoms with van der Waals surface area (Å²) in [7, 11) is 0. The van der Waals surface area contributed by atoms with Crippen LogP contribution >= 0.6 is 22.7 Å². The summed E-state index contributed by atoms with van der Waals surface area (Å²) in [6, 6.07) is 4.04. The van der Waals surface area contributed by atoms with Crippen LogP contribution in [-0.4, -0.2) is 10.9 Å². The number of aromatic nitrogens is 1. The monoisotopic (exact) mass is 253 g/mol. The molecule has 0 aromatic carbocycles. The zero-order valence-electron chi connectivity index (χ0n) is 8.69. The van der Waals surface area contributed by atoms with E-state index in [0.29, 0.717) is 17.4 Å². The number of amides is 1. The zero-order chi connectivity index (χ0) is 11.5. The average molecular weight is 253 g/mol. The highest BCUT2D eigenvalue weighted by molar-refractivity contribution is 7.13. The van der Waals surface area contributed by atoms with Gasteiger partial charge in [-0.3, -0.25) is 4.79 Å². The van der Waals surface area contributed by atoms with Gasteiger partial charge in [-0.05, 0) is 19.1 Å². The van der Waals surface area contributed by atoms with Gasteiger partial charge in [0.25, 0.3) is 5.91 Å².